The number of likely N-dealkylation sites (N-methyl/N-ethyl adjacent to an activating group) is 1. The smallest absolute Gasteiger partial charge is 0.354 e. The van der Waals surface area contributed by atoms with Gasteiger partial charge in [-0.25, -0.2) is 4.79 Å². The SMILES string of the molecule is COC(=O)c1cc(NC(=O)C2=CC(N)CN2C)cn1C. The Labute approximate surface area is 117 Å². The predicted molar refractivity (Wildman–Crippen MR) is 74.1 cm³/mol. The van der Waals surface area contributed by atoms with Gasteiger partial charge in [-0.05, 0) is 12.1 Å². The van der Waals surface area contributed by atoms with Crippen LogP contribution in [0.2, 0.25) is 0 Å². The minimum absolute atomic E-state index is 0.137. The Balaban J connectivity index is 2.13. The molecule has 7 nitrogen and oxygen atoms in total. The van der Waals surface area contributed by atoms with Gasteiger partial charge in [0.1, 0.15) is 11.4 Å². The molecule has 20 heavy (non-hydrogen) atoms. The summed E-state index contributed by atoms with van der Waals surface area (Å²) >= 11 is 0. The summed E-state index contributed by atoms with van der Waals surface area (Å²) in [5.74, 6) is -0.699. The molecular weight excluding hydrogens is 260 g/mol. The van der Waals surface area contributed by atoms with Gasteiger partial charge in [0.05, 0.1) is 12.8 Å². The van der Waals surface area contributed by atoms with E-state index in [-0.39, 0.29) is 11.9 Å². The second-order valence-corrected chi connectivity index (χ2v) is 4.77. The number of amides is 1. The molecule has 1 aliphatic heterocycles. The van der Waals surface area contributed by atoms with Crippen molar-refractivity contribution in [1.82, 2.24) is 9.47 Å². The number of hydrogen-bond donors (Lipinski definition) is 2. The Morgan fingerprint density at radius 3 is 2.70 bits per heavy atom. The van der Waals surface area contributed by atoms with E-state index in [9.17, 15) is 9.59 Å². The van der Waals surface area contributed by atoms with Crippen molar-refractivity contribution in [2.24, 2.45) is 12.8 Å². The van der Waals surface area contributed by atoms with Gasteiger partial charge in [-0.2, -0.15) is 0 Å². The van der Waals surface area contributed by atoms with Crippen LogP contribution < -0.4 is 11.1 Å². The minimum Gasteiger partial charge on any atom is -0.464 e. The molecule has 0 bridgehead atoms. The van der Waals surface area contributed by atoms with Crippen LogP contribution >= 0.6 is 0 Å². The first-order chi connectivity index (χ1) is 9.42. The van der Waals surface area contributed by atoms with Gasteiger partial charge in [0.2, 0.25) is 0 Å². The molecule has 1 aromatic heterocycles. The summed E-state index contributed by atoms with van der Waals surface area (Å²) in [6.07, 6.45) is 3.37. The van der Waals surface area contributed by atoms with Crippen molar-refractivity contribution < 1.29 is 14.3 Å². The fourth-order valence-corrected chi connectivity index (χ4v) is 2.18. The van der Waals surface area contributed by atoms with Crippen LogP contribution in [0.4, 0.5) is 5.69 Å². The van der Waals surface area contributed by atoms with Crippen LogP contribution in [0.5, 0.6) is 0 Å². The van der Waals surface area contributed by atoms with E-state index < -0.39 is 5.97 Å². The molecule has 1 aromatic rings. The van der Waals surface area contributed by atoms with Crippen LogP contribution in [0.1, 0.15) is 10.5 Å². The number of aryl methyl sites for hydroxylation is 1. The van der Waals surface area contributed by atoms with Gasteiger partial charge in [0.15, 0.2) is 0 Å². The van der Waals surface area contributed by atoms with Crippen molar-refractivity contribution in [2.75, 3.05) is 26.0 Å². The van der Waals surface area contributed by atoms with E-state index in [1.807, 2.05) is 7.05 Å². The fourth-order valence-electron chi connectivity index (χ4n) is 2.18. The van der Waals surface area contributed by atoms with E-state index in [2.05, 4.69) is 10.1 Å². The zero-order valence-electron chi connectivity index (χ0n) is 11.7. The highest BCUT2D eigenvalue weighted by Crippen LogP contribution is 2.17. The molecule has 108 valence electrons. The molecule has 3 N–H and O–H groups in total. The number of anilines is 1. The van der Waals surface area contributed by atoms with Crippen molar-refractivity contribution in [2.45, 2.75) is 6.04 Å². The number of carbonyl (C=O) groups is 2. The number of nitrogens with zero attached hydrogens (tertiary/aromatic N) is 2. The predicted octanol–water partition coefficient (Wildman–Crippen LogP) is -0.0932. The molecule has 0 saturated carbocycles. The summed E-state index contributed by atoms with van der Waals surface area (Å²) < 4.78 is 6.25. The number of hydrogen-bond acceptors (Lipinski definition) is 5. The number of nitrogens with two attached hydrogens (primary N) is 1. The molecule has 7 heteroatoms. The van der Waals surface area contributed by atoms with Crippen LogP contribution in [-0.4, -0.2) is 48.1 Å². The lowest BCUT2D eigenvalue weighted by atomic mass is 10.3. The Morgan fingerprint density at radius 2 is 2.15 bits per heavy atom. The van der Waals surface area contributed by atoms with Crippen LogP contribution in [0.15, 0.2) is 24.0 Å². The van der Waals surface area contributed by atoms with Crippen molar-refractivity contribution in [3.05, 3.63) is 29.7 Å². The number of rotatable bonds is 3. The lowest BCUT2D eigenvalue weighted by Gasteiger charge is -2.15. The molecule has 0 radical (unpaired) electrons. The third-order valence-corrected chi connectivity index (χ3v) is 3.16. The molecule has 0 spiro atoms. The van der Waals surface area contributed by atoms with Crippen LogP contribution in [0.25, 0.3) is 0 Å². The summed E-state index contributed by atoms with van der Waals surface area (Å²) in [5.41, 5.74) is 7.20. The Hall–Kier alpha value is -2.28. The van der Waals surface area contributed by atoms with Crippen molar-refractivity contribution in [3.8, 4) is 0 Å². The lowest BCUT2D eigenvalue weighted by Crippen LogP contribution is -2.28. The van der Waals surface area contributed by atoms with E-state index >= 15 is 0 Å². The summed E-state index contributed by atoms with van der Waals surface area (Å²) in [5, 5.41) is 2.74. The first-order valence-corrected chi connectivity index (χ1v) is 6.17. The zero-order chi connectivity index (χ0) is 14.9. The number of ether oxygens (including phenoxy) is 1. The normalized spacial score (nSPS) is 17.9. The van der Waals surface area contributed by atoms with E-state index in [4.69, 9.17) is 5.73 Å². The fraction of sp³-hybridized carbons (Fsp3) is 0.385. The van der Waals surface area contributed by atoms with E-state index in [0.29, 0.717) is 23.6 Å². The maximum atomic E-state index is 12.1. The first-order valence-electron chi connectivity index (χ1n) is 6.17. The van der Waals surface area contributed by atoms with E-state index in [1.165, 1.54) is 7.11 Å². The Kier molecular flexibility index (Phi) is 3.80. The molecule has 1 atom stereocenters. The number of carbonyl (C=O) groups excluding carboxylic acids is 2. The summed E-state index contributed by atoms with van der Waals surface area (Å²) in [6, 6.07) is 1.43. The third kappa shape index (κ3) is 2.67. The Morgan fingerprint density at radius 1 is 1.45 bits per heavy atom. The highest BCUT2D eigenvalue weighted by atomic mass is 16.5. The van der Waals surface area contributed by atoms with Gasteiger partial charge in [-0.3, -0.25) is 4.79 Å². The molecule has 0 aliphatic carbocycles. The molecule has 0 aromatic carbocycles. The highest BCUT2D eigenvalue weighted by Gasteiger charge is 2.23. The summed E-state index contributed by atoms with van der Waals surface area (Å²) in [6.45, 7) is 0.616. The molecule has 1 aliphatic rings. The first kappa shape index (κ1) is 14.1. The van der Waals surface area contributed by atoms with Gasteiger partial charge >= 0.3 is 5.97 Å². The molecule has 2 heterocycles. The van der Waals surface area contributed by atoms with E-state index in [0.717, 1.165) is 0 Å². The third-order valence-electron chi connectivity index (χ3n) is 3.16. The lowest BCUT2D eigenvalue weighted by molar-refractivity contribution is -0.114. The Bertz CT molecular complexity index is 576. The summed E-state index contributed by atoms with van der Waals surface area (Å²) in [7, 11) is 4.83. The largest absolute Gasteiger partial charge is 0.464 e. The standard InChI is InChI=1S/C13H18N4O3/c1-16-6-8(14)4-10(16)12(18)15-9-5-11(13(19)20-3)17(2)7-9/h4-5,7-8H,6,14H2,1-3H3,(H,15,18). The quantitative estimate of drug-likeness (QED) is 0.754. The van der Waals surface area contributed by atoms with Crippen LogP contribution in [0.3, 0.4) is 0 Å². The summed E-state index contributed by atoms with van der Waals surface area (Å²) in [4.78, 5) is 25.4. The monoisotopic (exact) mass is 278 g/mol. The second kappa shape index (κ2) is 5.38. The molecule has 0 fully saturated rings. The van der Waals surface area contributed by atoms with E-state index in [1.54, 1.807) is 34.9 Å². The molecule has 1 amide bonds. The van der Waals surface area contributed by atoms with Crippen molar-refractivity contribution in [3.63, 3.8) is 0 Å². The zero-order valence-corrected chi connectivity index (χ0v) is 11.7. The highest BCUT2D eigenvalue weighted by molar-refractivity contribution is 6.04. The average Bonchev–Trinajstić information content (AvgIpc) is 2.91. The maximum absolute atomic E-state index is 12.1. The number of aromatic nitrogens is 1. The van der Waals surface area contributed by atoms with Gasteiger partial charge < -0.3 is 25.3 Å². The van der Waals surface area contributed by atoms with Crippen molar-refractivity contribution in [1.29, 1.82) is 0 Å². The van der Waals surface area contributed by atoms with Gasteiger partial charge in [0, 0.05) is 32.9 Å². The number of nitrogens with one attached hydrogen (secondary N) is 1. The van der Waals surface area contributed by atoms with Gasteiger partial charge in [-0.15, -0.1) is 0 Å². The minimum atomic E-state index is -0.452. The number of methoxy groups -OCH3 is 1. The van der Waals surface area contributed by atoms with Crippen LogP contribution in [0, 0.1) is 0 Å². The number of esters is 1. The molecule has 1 unspecified atom stereocenters. The van der Waals surface area contributed by atoms with Gasteiger partial charge in [-0.1, -0.05) is 0 Å². The maximum Gasteiger partial charge on any atom is 0.354 e. The molecular formula is C13H18N4O3. The second-order valence-electron chi connectivity index (χ2n) is 4.77. The molecule has 0 saturated heterocycles. The van der Waals surface area contributed by atoms with Crippen molar-refractivity contribution >= 4 is 17.6 Å². The average molecular weight is 278 g/mol. The van der Waals surface area contributed by atoms with Gasteiger partial charge in [0.25, 0.3) is 5.91 Å². The topological polar surface area (TPSA) is 89.6 Å². The van der Waals surface area contributed by atoms with Crippen LogP contribution in [-0.2, 0) is 16.6 Å². The molecule has 2 rings (SSSR count).